The molecule has 8 nitrogen and oxygen atoms in total. The van der Waals surface area contributed by atoms with Crippen LogP contribution in [0, 0.1) is 0 Å². The Balaban J connectivity index is 1.21. The largest absolute Gasteiger partial charge is 0.368 e. The fraction of sp³-hybridized carbons (Fsp3) is 0.259. The molecule has 0 atom stereocenters. The number of nitrogens with zero attached hydrogens (tertiary/aromatic N) is 2. The van der Waals surface area contributed by atoms with Crippen LogP contribution < -0.4 is 21.0 Å². The van der Waals surface area contributed by atoms with Crippen LogP contribution in [0.1, 0.15) is 18.4 Å². The van der Waals surface area contributed by atoms with Gasteiger partial charge in [-0.25, -0.2) is 4.79 Å². The molecule has 0 aliphatic carbocycles. The summed E-state index contributed by atoms with van der Waals surface area (Å²) in [5.74, 6) is 0.0197. The van der Waals surface area contributed by atoms with Crippen LogP contribution in [-0.4, -0.2) is 48.2 Å². The molecule has 8 heteroatoms. The number of benzene rings is 3. The Morgan fingerprint density at radius 3 is 2.11 bits per heavy atom. The van der Waals surface area contributed by atoms with Crippen molar-refractivity contribution in [2.45, 2.75) is 19.3 Å². The molecule has 1 aliphatic heterocycles. The SMILES string of the molecule is O=C(CCCc1ccccc1)Nc1ccc(N2CCN(C(=O)Nc3ccccc3NO)CC2)cc1. The van der Waals surface area contributed by atoms with Crippen molar-refractivity contribution in [3.8, 4) is 0 Å². The molecule has 0 radical (unpaired) electrons. The molecule has 0 unspecified atom stereocenters. The third-order valence-corrected chi connectivity index (χ3v) is 6.08. The van der Waals surface area contributed by atoms with Crippen molar-refractivity contribution in [2.75, 3.05) is 47.2 Å². The Hall–Kier alpha value is -4.04. The second-order valence-corrected chi connectivity index (χ2v) is 8.50. The first-order valence-electron chi connectivity index (χ1n) is 11.9. The van der Waals surface area contributed by atoms with Crippen LogP contribution in [0.4, 0.5) is 27.5 Å². The Morgan fingerprint density at radius 2 is 1.43 bits per heavy atom. The van der Waals surface area contributed by atoms with E-state index in [1.54, 1.807) is 29.2 Å². The summed E-state index contributed by atoms with van der Waals surface area (Å²) in [5, 5.41) is 15.0. The molecule has 0 spiro atoms. The van der Waals surface area contributed by atoms with Crippen LogP contribution in [-0.2, 0) is 11.2 Å². The highest BCUT2D eigenvalue weighted by Gasteiger charge is 2.22. The Labute approximate surface area is 205 Å². The highest BCUT2D eigenvalue weighted by atomic mass is 16.5. The average molecular weight is 474 g/mol. The summed E-state index contributed by atoms with van der Waals surface area (Å²) in [4.78, 5) is 28.9. The van der Waals surface area contributed by atoms with Gasteiger partial charge in [0.2, 0.25) is 5.91 Å². The molecule has 0 aromatic heterocycles. The Morgan fingerprint density at radius 1 is 0.771 bits per heavy atom. The molecule has 35 heavy (non-hydrogen) atoms. The third kappa shape index (κ3) is 6.74. The lowest BCUT2D eigenvalue weighted by molar-refractivity contribution is -0.116. The molecule has 1 saturated heterocycles. The number of carbonyl (C=O) groups excluding carboxylic acids is 2. The number of hydrogen-bond acceptors (Lipinski definition) is 5. The molecule has 4 rings (SSSR count). The second-order valence-electron chi connectivity index (χ2n) is 8.50. The lowest BCUT2D eigenvalue weighted by Gasteiger charge is -2.36. The van der Waals surface area contributed by atoms with Crippen LogP contribution in [0.2, 0.25) is 0 Å². The van der Waals surface area contributed by atoms with E-state index in [0.29, 0.717) is 44.0 Å². The molecular weight excluding hydrogens is 442 g/mol. The number of nitrogens with one attached hydrogen (secondary N) is 3. The van der Waals surface area contributed by atoms with Gasteiger partial charge in [-0.1, -0.05) is 42.5 Å². The van der Waals surface area contributed by atoms with Gasteiger partial charge in [0, 0.05) is 44.0 Å². The molecule has 0 bridgehead atoms. The summed E-state index contributed by atoms with van der Waals surface area (Å²) in [6.07, 6.45) is 2.19. The number of carbonyl (C=O) groups is 2. The molecule has 3 aromatic rings. The van der Waals surface area contributed by atoms with Gasteiger partial charge >= 0.3 is 6.03 Å². The van der Waals surface area contributed by atoms with Crippen molar-refractivity contribution >= 4 is 34.7 Å². The molecular formula is C27H31N5O3. The van der Waals surface area contributed by atoms with Crippen molar-refractivity contribution in [2.24, 2.45) is 0 Å². The minimum atomic E-state index is -0.197. The van der Waals surface area contributed by atoms with Gasteiger partial charge in [-0.2, -0.15) is 0 Å². The summed E-state index contributed by atoms with van der Waals surface area (Å²) in [5.41, 5.74) is 6.16. The van der Waals surface area contributed by atoms with Gasteiger partial charge in [0.1, 0.15) is 0 Å². The normalized spacial score (nSPS) is 13.3. The van der Waals surface area contributed by atoms with E-state index in [2.05, 4.69) is 33.1 Å². The van der Waals surface area contributed by atoms with E-state index in [1.165, 1.54) is 5.56 Å². The van der Waals surface area contributed by atoms with Crippen molar-refractivity contribution < 1.29 is 14.8 Å². The first-order chi connectivity index (χ1) is 17.1. The topological polar surface area (TPSA) is 96.9 Å². The summed E-state index contributed by atoms with van der Waals surface area (Å²) < 4.78 is 0. The van der Waals surface area contributed by atoms with Crippen molar-refractivity contribution in [3.05, 3.63) is 84.4 Å². The quantitative estimate of drug-likeness (QED) is 0.352. The van der Waals surface area contributed by atoms with Gasteiger partial charge in [-0.15, -0.1) is 0 Å². The smallest absolute Gasteiger partial charge is 0.322 e. The van der Waals surface area contributed by atoms with Crippen LogP contribution in [0.25, 0.3) is 0 Å². The Kier molecular flexibility index (Phi) is 8.19. The standard InChI is InChI=1S/C27H31N5O3/c33-26(12-6-9-21-7-2-1-3-8-21)28-22-13-15-23(16-14-22)31-17-19-32(20-18-31)27(34)29-24-10-4-5-11-25(24)30-35/h1-5,7-8,10-11,13-16,30,35H,6,9,12,17-20H2,(H,28,33)(H,29,34). The minimum Gasteiger partial charge on any atom is -0.368 e. The van der Waals surface area contributed by atoms with Gasteiger partial charge in [0.15, 0.2) is 0 Å². The number of urea groups is 1. The van der Waals surface area contributed by atoms with Gasteiger partial charge in [0.05, 0.1) is 11.4 Å². The predicted molar refractivity (Wildman–Crippen MR) is 139 cm³/mol. The number of rotatable bonds is 8. The zero-order valence-corrected chi connectivity index (χ0v) is 19.6. The fourth-order valence-electron chi connectivity index (χ4n) is 4.13. The number of hydrogen-bond donors (Lipinski definition) is 4. The maximum absolute atomic E-state index is 12.6. The monoisotopic (exact) mass is 473 g/mol. The minimum absolute atomic E-state index is 0.0197. The van der Waals surface area contributed by atoms with Gasteiger partial charge in [-0.3, -0.25) is 15.5 Å². The first-order valence-corrected chi connectivity index (χ1v) is 11.9. The molecule has 3 amide bonds. The molecule has 182 valence electrons. The average Bonchev–Trinajstić information content (AvgIpc) is 2.90. The number of amides is 3. The lowest BCUT2D eigenvalue weighted by atomic mass is 10.1. The maximum Gasteiger partial charge on any atom is 0.322 e. The first kappa shape index (κ1) is 24.1. The molecule has 3 aromatic carbocycles. The van der Waals surface area contributed by atoms with E-state index >= 15 is 0 Å². The van der Waals surface area contributed by atoms with Crippen LogP contribution >= 0.6 is 0 Å². The van der Waals surface area contributed by atoms with E-state index in [1.807, 2.05) is 42.5 Å². The van der Waals surface area contributed by atoms with Gasteiger partial charge in [0.25, 0.3) is 0 Å². The highest BCUT2D eigenvalue weighted by molar-refractivity contribution is 5.93. The zero-order valence-electron chi connectivity index (χ0n) is 19.6. The van der Waals surface area contributed by atoms with Crippen molar-refractivity contribution in [1.82, 2.24) is 4.90 Å². The number of para-hydroxylation sites is 2. The van der Waals surface area contributed by atoms with Crippen LogP contribution in [0.3, 0.4) is 0 Å². The van der Waals surface area contributed by atoms with E-state index < -0.39 is 0 Å². The molecule has 1 aliphatic rings. The van der Waals surface area contributed by atoms with Gasteiger partial charge < -0.3 is 20.4 Å². The van der Waals surface area contributed by atoms with E-state index in [0.717, 1.165) is 24.2 Å². The molecule has 4 N–H and O–H groups in total. The van der Waals surface area contributed by atoms with Crippen molar-refractivity contribution in [3.63, 3.8) is 0 Å². The molecule has 1 fully saturated rings. The molecule has 0 saturated carbocycles. The second kappa shape index (κ2) is 11.9. The predicted octanol–water partition coefficient (Wildman–Crippen LogP) is 4.80. The van der Waals surface area contributed by atoms with E-state index in [9.17, 15) is 14.8 Å². The number of anilines is 4. The highest BCUT2D eigenvalue weighted by Crippen LogP contribution is 2.22. The third-order valence-electron chi connectivity index (χ3n) is 6.08. The van der Waals surface area contributed by atoms with E-state index in [4.69, 9.17) is 0 Å². The summed E-state index contributed by atoms with van der Waals surface area (Å²) in [6.45, 7) is 2.58. The number of aryl methyl sites for hydroxylation is 1. The van der Waals surface area contributed by atoms with E-state index in [-0.39, 0.29) is 11.9 Å². The fourth-order valence-corrected chi connectivity index (χ4v) is 4.13. The number of piperazine rings is 1. The summed E-state index contributed by atoms with van der Waals surface area (Å²) >= 11 is 0. The van der Waals surface area contributed by atoms with Crippen LogP contribution in [0.15, 0.2) is 78.9 Å². The molecule has 1 heterocycles. The lowest BCUT2D eigenvalue weighted by Crippen LogP contribution is -2.50. The maximum atomic E-state index is 12.6. The van der Waals surface area contributed by atoms with Crippen molar-refractivity contribution in [1.29, 1.82) is 0 Å². The Bertz CT molecular complexity index is 1110. The zero-order chi connectivity index (χ0) is 24.5. The van der Waals surface area contributed by atoms with Crippen LogP contribution in [0.5, 0.6) is 0 Å². The van der Waals surface area contributed by atoms with Gasteiger partial charge in [-0.05, 0) is 54.8 Å². The summed E-state index contributed by atoms with van der Waals surface area (Å²) in [6, 6.07) is 24.8. The summed E-state index contributed by atoms with van der Waals surface area (Å²) in [7, 11) is 0.